The molecule has 0 spiro atoms. The topological polar surface area (TPSA) is 9.86 Å². The van der Waals surface area contributed by atoms with Crippen LogP contribution in [-0.4, -0.2) is 9.13 Å². The van der Waals surface area contributed by atoms with Gasteiger partial charge in [-0.1, -0.05) is 194 Å². The lowest BCUT2D eigenvalue weighted by molar-refractivity contribution is 0.769. The van der Waals surface area contributed by atoms with Crippen LogP contribution in [-0.2, 0) is 5.41 Å². The lowest BCUT2D eigenvalue weighted by atomic mass is 9.67. The van der Waals surface area contributed by atoms with E-state index in [1.54, 1.807) is 0 Å². The van der Waals surface area contributed by atoms with Gasteiger partial charge in [-0.2, -0.15) is 0 Å². The quantitative estimate of drug-likeness (QED) is 0.158. The molecule has 1 aliphatic carbocycles. The fourth-order valence-corrected chi connectivity index (χ4v) is 11.7. The van der Waals surface area contributed by atoms with Crippen LogP contribution in [0.25, 0.3) is 99.1 Å². The molecule has 0 atom stereocenters. The van der Waals surface area contributed by atoms with Crippen molar-refractivity contribution in [1.82, 2.24) is 9.13 Å². The van der Waals surface area contributed by atoms with Crippen LogP contribution in [0.15, 0.2) is 255 Å². The Bertz CT molecular complexity index is 4020. The van der Waals surface area contributed by atoms with Crippen molar-refractivity contribution < 1.29 is 0 Å². The van der Waals surface area contributed by atoms with Gasteiger partial charge in [-0.25, -0.2) is 0 Å². The zero-order chi connectivity index (χ0) is 44.1. The minimum Gasteiger partial charge on any atom is -0.309 e. The summed E-state index contributed by atoms with van der Waals surface area (Å²) >= 11 is 0. The van der Waals surface area contributed by atoms with Gasteiger partial charge in [0, 0.05) is 32.6 Å². The van der Waals surface area contributed by atoms with Crippen LogP contribution in [0.1, 0.15) is 22.3 Å². The molecule has 0 unspecified atom stereocenters. The van der Waals surface area contributed by atoms with Gasteiger partial charge in [0.25, 0.3) is 0 Å². The summed E-state index contributed by atoms with van der Waals surface area (Å²) in [5.74, 6) is 0. The summed E-state index contributed by atoms with van der Waals surface area (Å²) in [6.07, 6.45) is 0. The van der Waals surface area contributed by atoms with Crippen LogP contribution in [0.3, 0.4) is 0 Å². The Labute approximate surface area is 388 Å². The smallest absolute Gasteiger partial charge is 0.0714 e. The van der Waals surface area contributed by atoms with Crippen LogP contribution < -0.4 is 0 Å². The van der Waals surface area contributed by atoms with E-state index >= 15 is 0 Å². The van der Waals surface area contributed by atoms with Crippen molar-refractivity contribution in [1.29, 1.82) is 0 Å². The average molecular weight is 851 g/mol. The monoisotopic (exact) mass is 850 g/mol. The molecule has 2 aromatic heterocycles. The first-order chi connectivity index (χ1) is 33.2. The Hall–Kier alpha value is -8.72. The first-order valence-electron chi connectivity index (χ1n) is 23.3. The first kappa shape index (κ1) is 37.6. The first-order valence-corrected chi connectivity index (χ1v) is 23.3. The zero-order valence-corrected chi connectivity index (χ0v) is 36.6. The molecule has 1 aliphatic rings. The van der Waals surface area contributed by atoms with E-state index in [9.17, 15) is 0 Å². The third kappa shape index (κ3) is 5.51. The fourth-order valence-electron chi connectivity index (χ4n) is 11.7. The molecule has 312 valence electrons. The molecular weight excluding hydrogens is 809 g/mol. The van der Waals surface area contributed by atoms with Crippen molar-refractivity contribution in [2.24, 2.45) is 0 Å². The Kier molecular flexibility index (Phi) is 8.23. The second kappa shape index (κ2) is 14.7. The normalized spacial score (nSPS) is 12.9. The molecule has 0 saturated carbocycles. The van der Waals surface area contributed by atoms with Crippen molar-refractivity contribution in [2.75, 3.05) is 0 Å². The van der Waals surface area contributed by atoms with Gasteiger partial charge in [-0.15, -0.1) is 0 Å². The molecule has 0 radical (unpaired) electrons. The standard InChI is InChI=1S/C65H42N2/c1-4-17-43(18-5-1)44-31-35-50(36-32-44)66-62-37-33-47(46-34-38-63-55(39-46)53-27-13-15-29-61(53)67(63)60-30-16-20-45-19-10-11-25-51(45)60)40-56(62)57-41-54-52-26-12-14-28-58(52)65(59(54)42-64(57)66,48-21-6-2-7-22-48)49-23-8-3-9-24-49/h1-42H. The lowest BCUT2D eigenvalue weighted by Crippen LogP contribution is -2.28. The van der Waals surface area contributed by atoms with Crippen LogP contribution in [0.4, 0.5) is 0 Å². The summed E-state index contributed by atoms with van der Waals surface area (Å²) in [5.41, 5.74) is 19.1. The number of fused-ring (bicyclic) bond motifs is 10. The molecule has 0 aliphatic heterocycles. The number of hydrogen-bond donors (Lipinski definition) is 0. The van der Waals surface area contributed by atoms with E-state index in [0.717, 1.165) is 5.69 Å². The maximum atomic E-state index is 2.52. The van der Waals surface area contributed by atoms with Crippen LogP contribution in [0, 0.1) is 0 Å². The molecule has 13 aromatic rings. The van der Waals surface area contributed by atoms with Gasteiger partial charge >= 0.3 is 0 Å². The summed E-state index contributed by atoms with van der Waals surface area (Å²) in [5, 5.41) is 7.45. The highest BCUT2D eigenvalue weighted by molar-refractivity contribution is 6.15. The molecule has 2 nitrogen and oxygen atoms in total. The zero-order valence-electron chi connectivity index (χ0n) is 36.6. The van der Waals surface area contributed by atoms with Gasteiger partial charge < -0.3 is 9.13 Å². The van der Waals surface area contributed by atoms with Gasteiger partial charge in [0.15, 0.2) is 0 Å². The van der Waals surface area contributed by atoms with Gasteiger partial charge in [0.1, 0.15) is 0 Å². The Morgan fingerprint density at radius 3 is 1.52 bits per heavy atom. The fraction of sp³-hybridized carbons (Fsp3) is 0.0154. The SMILES string of the molecule is c1ccc(-c2ccc(-n3c4ccc(-c5ccc6c(c5)c5ccccc5n6-c5cccc6ccccc56)cc4c4cc5c(cc43)C(c3ccccc3)(c3ccccc3)c3ccccc3-5)cc2)cc1. The predicted octanol–water partition coefficient (Wildman–Crippen LogP) is 16.7. The largest absolute Gasteiger partial charge is 0.309 e. The van der Waals surface area contributed by atoms with Gasteiger partial charge in [0.05, 0.1) is 33.2 Å². The van der Waals surface area contributed by atoms with E-state index in [4.69, 9.17) is 0 Å². The second-order valence-corrected chi connectivity index (χ2v) is 18.0. The van der Waals surface area contributed by atoms with Crippen molar-refractivity contribution in [3.05, 3.63) is 277 Å². The minimum absolute atomic E-state index is 0.507. The summed E-state index contributed by atoms with van der Waals surface area (Å²) in [6.45, 7) is 0. The molecule has 0 amide bonds. The summed E-state index contributed by atoms with van der Waals surface area (Å²) in [7, 11) is 0. The number of aromatic nitrogens is 2. The van der Waals surface area contributed by atoms with Crippen molar-refractivity contribution in [2.45, 2.75) is 5.41 Å². The maximum Gasteiger partial charge on any atom is 0.0714 e. The summed E-state index contributed by atoms with van der Waals surface area (Å²) < 4.78 is 4.94. The van der Waals surface area contributed by atoms with E-state index in [-0.39, 0.29) is 0 Å². The second-order valence-electron chi connectivity index (χ2n) is 18.0. The minimum atomic E-state index is -0.507. The molecule has 0 saturated heterocycles. The van der Waals surface area contributed by atoms with E-state index in [0.29, 0.717) is 0 Å². The molecule has 0 N–H and O–H groups in total. The lowest BCUT2D eigenvalue weighted by Gasteiger charge is -2.34. The molecular formula is C65H42N2. The molecule has 0 bridgehead atoms. The van der Waals surface area contributed by atoms with Gasteiger partial charge in [-0.3, -0.25) is 0 Å². The van der Waals surface area contributed by atoms with Crippen molar-refractivity contribution in [3.8, 4) is 44.8 Å². The average Bonchev–Trinajstić information content (AvgIpc) is 4.01. The van der Waals surface area contributed by atoms with Crippen LogP contribution in [0.5, 0.6) is 0 Å². The number of para-hydroxylation sites is 1. The van der Waals surface area contributed by atoms with E-state index < -0.39 is 5.41 Å². The molecule has 14 rings (SSSR count). The van der Waals surface area contributed by atoms with Crippen LogP contribution >= 0.6 is 0 Å². The number of rotatable bonds is 6. The van der Waals surface area contributed by atoms with Gasteiger partial charge in [-0.05, 0) is 122 Å². The Morgan fingerprint density at radius 2 is 0.791 bits per heavy atom. The number of benzene rings is 11. The molecule has 11 aromatic carbocycles. The summed E-state index contributed by atoms with van der Waals surface area (Å²) in [4.78, 5) is 0. The van der Waals surface area contributed by atoms with E-state index in [1.165, 1.54) is 116 Å². The van der Waals surface area contributed by atoms with Crippen molar-refractivity contribution in [3.63, 3.8) is 0 Å². The third-order valence-corrected chi connectivity index (χ3v) is 14.6. The van der Waals surface area contributed by atoms with Crippen molar-refractivity contribution >= 4 is 54.4 Å². The highest BCUT2D eigenvalue weighted by Gasteiger charge is 2.46. The number of nitrogens with zero attached hydrogens (tertiary/aromatic N) is 2. The Morgan fingerprint density at radius 1 is 0.269 bits per heavy atom. The van der Waals surface area contributed by atoms with Gasteiger partial charge in [0.2, 0.25) is 0 Å². The van der Waals surface area contributed by atoms with E-state index in [1.807, 2.05) is 0 Å². The summed E-state index contributed by atoms with van der Waals surface area (Å²) in [6, 6.07) is 94.4. The Balaban J connectivity index is 1.02. The highest BCUT2D eigenvalue weighted by Crippen LogP contribution is 2.57. The highest BCUT2D eigenvalue weighted by atomic mass is 15.0. The molecule has 2 heteroatoms. The van der Waals surface area contributed by atoms with Crippen LogP contribution in [0.2, 0.25) is 0 Å². The van der Waals surface area contributed by atoms with E-state index in [2.05, 4.69) is 264 Å². The predicted molar refractivity (Wildman–Crippen MR) is 281 cm³/mol. The molecule has 67 heavy (non-hydrogen) atoms. The third-order valence-electron chi connectivity index (χ3n) is 14.6. The number of hydrogen-bond acceptors (Lipinski definition) is 0. The molecule has 2 heterocycles. The molecule has 0 fully saturated rings. The maximum absolute atomic E-state index is 2.52.